The van der Waals surface area contributed by atoms with Crippen LogP contribution in [0.5, 0.6) is 0 Å². The number of hydrogen-bond acceptors (Lipinski definition) is 11. The van der Waals surface area contributed by atoms with E-state index < -0.39 is 54.7 Å². The third kappa shape index (κ3) is 12.2. The van der Waals surface area contributed by atoms with Gasteiger partial charge in [0.1, 0.15) is 12.2 Å². The number of likely N-dealkylation sites (N-methyl/N-ethyl adjacent to an activating group) is 1. The maximum atomic E-state index is 13.8. The first-order valence-electron chi connectivity index (χ1n) is 20.3. The number of carbonyl (C=O) groups is 2. The highest BCUT2D eigenvalue weighted by atomic mass is 16.7. The second-order valence-corrected chi connectivity index (χ2v) is 16.6. The predicted octanol–water partition coefficient (Wildman–Crippen LogP) is 4.18. The fourth-order valence-corrected chi connectivity index (χ4v) is 8.83. The summed E-state index contributed by atoms with van der Waals surface area (Å²) >= 11 is 0. The van der Waals surface area contributed by atoms with Gasteiger partial charge < -0.3 is 44.2 Å². The molecule has 3 saturated heterocycles. The highest BCUT2D eigenvalue weighted by molar-refractivity contribution is 5.91. The average Bonchev–Trinajstić information content (AvgIpc) is 3.12. The zero-order chi connectivity index (χ0) is 37.9. The molecule has 4 rings (SSSR count). The minimum atomic E-state index is -1.17. The summed E-state index contributed by atoms with van der Waals surface area (Å²) in [6, 6.07) is -0.632. The van der Waals surface area contributed by atoms with Crippen LogP contribution < -0.4 is 0 Å². The molecule has 12 atom stereocenters. The molecule has 0 saturated carbocycles. The smallest absolute Gasteiger partial charge is 0.308 e. The summed E-state index contributed by atoms with van der Waals surface area (Å²) < 4.78 is 19.1. The molecule has 0 radical (unpaired) electrons. The number of carbonyl (C=O) groups excluding carboxylic acids is 2. The molecular weight excluding hydrogens is 662 g/mol. The van der Waals surface area contributed by atoms with Crippen LogP contribution in [0.3, 0.4) is 0 Å². The molecule has 4 aliphatic heterocycles. The zero-order valence-corrected chi connectivity index (χ0v) is 33.2. The molecule has 0 spiro atoms. The van der Waals surface area contributed by atoms with Crippen molar-refractivity contribution in [2.45, 2.75) is 148 Å². The first-order chi connectivity index (χ1) is 24.8. The van der Waals surface area contributed by atoms with Gasteiger partial charge in [-0.15, -0.1) is 0 Å². The van der Waals surface area contributed by atoms with Gasteiger partial charge in [0.25, 0.3) is 0 Å². The molecule has 0 aromatic rings. The lowest BCUT2D eigenvalue weighted by atomic mass is 9.79. The van der Waals surface area contributed by atoms with E-state index in [-0.39, 0.29) is 36.1 Å². The molecule has 52 heavy (non-hydrogen) atoms. The van der Waals surface area contributed by atoms with E-state index in [1.54, 1.807) is 32.0 Å². The Morgan fingerprint density at radius 1 is 0.904 bits per heavy atom. The van der Waals surface area contributed by atoms with Crippen molar-refractivity contribution in [2.24, 2.45) is 23.7 Å². The predicted molar refractivity (Wildman–Crippen MR) is 203 cm³/mol. The van der Waals surface area contributed by atoms with Crippen LogP contribution in [0.2, 0.25) is 0 Å². The van der Waals surface area contributed by atoms with E-state index in [1.807, 2.05) is 33.8 Å². The summed E-state index contributed by atoms with van der Waals surface area (Å²) in [7, 11) is 3.60. The highest BCUT2D eigenvalue weighted by Crippen LogP contribution is 2.35. The van der Waals surface area contributed by atoms with E-state index in [4.69, 9.17) is 14.2 Å². The van der Waals surface area contributed by atoms with Gasteiger partial charge in [0.15, 0.2) is 12.1 Å². The van der Waals surface area contributed by atoms with Crippen molar-refractivity contribution >= 4 is 11.8 Å². The van der Waals surface area contributed by atoms with E-state index in [0.717, 1.165) is 70.5 Å². The van der Waals surface area contributed by atoms with E-state index >= 15 is 0 Å². The molecule has 4 aliphatic rings. The maximum Gasteiger partial charge on any atom is 0.308 e. The Labute approximate surface area is 313 Å². The number of ketones is 1. The highest BCUT2D eigenvalue weighted by Gasteiger charge is 2.47. The Hall–Kier alpha value is -1.70. The molecule has 4 heterocycles. The number of rotatable bonds is 9. The van der Waals surface area contributed by atoms with Gasteiger partial charge in [0.2, 0.25) is 0 Å². The molecule has 0 aromatic heterocycles. The van der Waals surface area contributed by atoms with E-state index in [1.165, 1.54) is 12.8 Å². The Bertz CT molecular complexity index is 1170. The number of cyclic esters (lactones) is 1. The van der Waals surface area contributed by atoms with E-state index in [9.17, 15) is 24.9 Å². The lowest BCUT2D eigenvalue weighted by molar-refractivity contribution is -0.304. The van der Waals surface area contributed by atoms with Crippen LogP contribution in [-0.4, -0.2) is 144 Å². The van der Waals surface area contributed by atoms with Crippen molar-refractivity contribution in [1.82, 2.24) is 14.7 Å². The number of nitrogens with zero attached hydrogens (tertiary/aromatic N) is 3. The molecule has 3 fully saturated rings. The zero-order valence-electron chi connectivity index (χ0n) is 33.2. The number of aliphatic hydroxyl groups is 3. The third-order valence-corrected chi connectivity index (χ3v) is 12.1. The van der Waals surface area contributed by atoms with E-state index in [0.29, 0.717) is 19.3 Å². The molecule has 0 bridgehead atoms. The molecule has 298 valence electrons. The summed E-state index contributed by atoms with van der Waals surface area (Å²) in [6.45, 7) is 15.3. The first kappa shape index (κ1) is 43.0. The molecule has 11 nitrogen and oxygen atoms in total. The number of aliphatic hydroxyl groups excluding tert-OH is 3. The average molecular weight is 734 g/mol. The number of hydrogen-bond donors (Lipinski definition) is 3. The van der Waals surface area contributed by atoms with Crippen LogP contribution >= 0.6 is 0 Å². The number of ether oxygens (including phenoxy) is 3. The van der Waals surface area contributed by atoms with Crippen LogP contribution in [0.1, 0.15) is 98.8 Å². The van der Waals surface area contributed by atoms with Gasteiger partial charge in [-0.1, -0.05) is 51.3 Å². The number of likely N-dealkylation sites (tertiary alicyclic amines) is 2. The Balaban J connectivity index is 1.68. The lowest BCUT2D eigenvalue weighted by Gasteiger charge is -2.47. The summed E-state index contributed by atoms with van der Waals surface area (Å²) in [5, 5.41) is 34.2. The minimum absolute atomic E-state index is 0.0270. The monoisotopic (exact) mass is 734 g/mol. The summed E-state index contributed by atoms with van der Waals surface area (Å²) in [5.41, 5.74) is 0.954. The topological polar surface area (TPSA) is 132 Å². The van der Waals surface area contributed by atoms with Crippen LogP contribution in [0.4, 0.5) is 0 Å². The number of esters is 1. The Morgan fingerprint density at radius 2 is 1.54 bits per heavy atom. The Morgan fingerprint density at radius 3 is 2.15 bits per heavy atom. The summed E-state index contributed by atoms with van der Waals surface area (Å²) in [5.74, 6) is -1.58. The van der Waals surface area contributed by atoms with Gasteiger partial charge in [0, 0.05) is 24.3 Å². The number of allylic oxidation sites excluding steroid dienone is 3. The standard InChI is InChI=1S/C41H71N3O8/c1-8-35-32(26-44-20-13-10-14-21-44)23-27(2)15-16-33(45)28(3)24-31(17-22-43-18-11-9-12-19-43)40(29(4)34(46)25-36(47)51-35)52-41-39(49)37(42(6)7)38(48)30(5)50-41/h15-16,23,28-32,34-35,37-41,46,48-49H,8-14,17-22,24-26H2,1-7H3/b16-15+,27-23+/t28-,29+,30+,31+,32-,34-,35-,37-,38-,39+,40-,41-/m0/s1. The maximum absolute atomic E-state index is 13.8. The Kier molecular flexibility index (Phi) is 17.2. The van der Waals surface area contributed by atoms with Crippen LogP contribution in [0, 0.1) is 23.7 Å². The van der Waals surface area contributed by atoms with Gasteiger partial charge in [-0.05, 0) is 118 Å². The largest absolute Gasteiger partial charge is 0.462 e. The van der Waals surface area contributed by atoms with Crippen molar-refractivity contribution in [3.8, 4) is 0 Å². The van der Waals surface area contributed by atoms with Crippen LogP contribution in [-0.2, 0) is 23.8 Å². The third-order valence-electron chi connectivity index (χ3n) is 12.1. The van der Waals surface area contributed by atoms with E-state index in [2.05, 4.69) is 15.9 Å². The van der Waals surface area contributed by atoms with Crippen LogP contribution in [0.15, 0.2) is 23.8 Å². The van der Waals surface area contributed by atoms with Crippen molar-refractivity contribution in [3.05, 3.63) is 23.8 Å². The molecule has 0 aromatic carbocycles. The fourth-order valence-electron chi connectivity index (χ4n) is 8.83. The van der Waals surface area contributed by atoms with Crippen molar-refractivity contribution in [1.29, 1.82) is 0 Å². The molecule has 0 amide bonds. The molecule has 0 unspecified atom stereocenters. The van der Waals surface area contributed by atoms with Gasteiger partial charge >= 0.3 is 5.97 Å². The normalized spacial score (nSPS) is 40.2. The van der Waals surface area contributed by atoms with Gasteiger partial charge in [-0.3, -0.25) is 9.59 Å². The summed E-state index contributed by atoms with van der Waals surface area (Å²) in [4.78, 5) is 34.1. The van der Waals surface area contributed by atoms with Crippen molar-refractivity contribution in [2.75, 3.05) is 53.4 Å². The van der Waals surface area contributed by atoms with Crippen molar-refractivity contribution < 1.29 is 39.1 Å². The summed E-state index contributed by atoms with van der Waals surface area (Å²) in [6.07, 6.45) is 8.49. The van der Waals surface area contributed by atoms with Gasteiger partial charge in [-0.2, -0.15) is 0 Å². The molecule has 0 aliphatic carbocycles. The molecule has 11 heteroatoms. The fraction of sp³-hybridized carbons (Fsp3) is 0.854. The number of piperidine rings is 2. The second kappa shape index (κ2) is 20.8. The minimum Gasteiger partial charge on any atom is -0.462 e. The SMILES string of the molecule is CC[C@@H]1OC(=O)C[C@H](O)[C@@H](C)[C@H](O[C@@H]2O[C@H](C)[C@H](O)[C@H](N(C)C)[C@H]2O)[C@H](CCN2CCCCC2)C[C@H](C)C(=O)/C=C/C(C)=C/[C@H]1CN1CCCCC1. The first-order valence-corrected chi connectivity index (χ1v) is 20.3. The second-order valence-electron chi connectivity index (χ2n) is 16.6. The van der Waals surface area contributed by atoms with Gasteiger partial charge in [0.05, 0.1) is 36.9 Å². The quantitative estimate of drug-likeness (QED) is 0.295. The van der Waals surface area contributed by atoms with Crippen molar-refractivity contribution in [3.63, 3.8) is 0 Å². The van der Waals surface area contributed by atoms with Crippen LogP contribution in [0.25, 0.3) is 0 Å². The van der Waals surface area contributed by atoms with Gasteiger partial charge in [-0.25, -0.2) is 0 Å². The lowest BCUT2D eigenvalue weighted by Crippen LogP contribution is -2.63. The molecule has 3 N–H and O–H groups in total. The molecular formula is C41H71N3O8.